The van der Waals surface area contributed by atoms with Crippen molar-refractivity contribution < 1.29 is 28.9 Å². The van der Waals surface area contributed by atoms with Crippen molar-refractivity contribution in [2.24, 2.45) is 11.8 Å². The number of amides is 1. The Labute approximate surface area is 288 Å². The Balaban J connectivity index is 1.22. The maximum atomic E-state index is 14.6. The van der Waals surface area contributed by atoms with Gasteiger partial charge in [-0.1, -0.05) is 46.7 Å². The van der Waals surface area contributed by atoms with Gasteiger partial charge in [0, 0.05) is 36.7 Å². The van der Waals surface area contributed by atoms with Gasteiger partial charge >= 0.3 is 0 Å². The van der Waals surface area contributed by atoms with Crippen molar-refractivity contribution in [2.45, 2.75) is 71.1 Å². The third-order valence-electron chi connectivity index (χ3n) is 9.27. The summed E-state index contributed by atoms with van der Waals surface area (Å²) in [7, 11) is 1.66. The van der Waals surface area contributed by atoms with Crippen LogP contribution in [0.4, 0.5) is 0 Å². The first-order chi connectivity index (χ1) is 22.7. The van der Waals surface area contributed by atoms with E-state index in [4.69, 9.17) is 37.4 Å². The topological polar surface area (TPSA) is 118 Å². The van der Waals surface area contributed by atoms with Crippen LogP contribution < -0.4 is 14.2 Å². The molecule has 9 nitrogen and oxygen atoms in total. The number of aromatic nitrogens is 1. The largest absolute Gasteiger partial charge is 0.496 e. The summed E-state index contributed by atoms with van der Waals surface area (Å²) in [5.74, 6) is 1.45. The Kier molecular flexibility index (Phi) is 10.2. The molecule has 3 aliphatic rings. The zero-order chi connectivity index (χ0) is 33.2. The Morgan fingerprint density at radius 2 is 1.91 bits per heavy atom. The number of rotatable bonds is 12. The number of aliphatic hydroxyl groups excluding tert-OH is 1. The predicted molar refractivity (Wildman–Crippen MR) is 182 cm³/mol. The van der Waals surface area contributed by atoms with Crippen LogP contribution in [0.15, 0.2) is 42.1 Å². The van der Waals surface area contributed by atoms with E-state index in [2.05, 4.69) is 15.8 Å². The lowest BCUT2D eigenvalue weighted by molar-refractivity contribution is -0.129. The quantitative estimate of drug-likeness (QED) is 0.118. The summed E-state index contributed by atoms with van der Waals surface area (Å²) in [5.41, 5.74) is 15.0. The Hall–Kier alpha value is -3.40. The van der Waals surface area contributed by atoms with E-state index >= 15 is 0 Å². The average Bonchev–Trinajstić information content (AvgIpc) is 3.79. The second-order valence-corrected chi connectivity index (χ2v) is 14.4. The van der Waals surface area contributed by atoms with Crippen molar-refractivity contribution in [2.75, 3.05) is 20.3 Å². The number of fused-ring (bicyclic) bond motifs is 2. The third kappa shape index (κ3) is 7.37. The molecule has 47 heavy (non-hydrogen) atoms. The molecular weight excluding hydrogens is 659 g/mol. The van der Waals surface area contributed by atoms with E-state index in [-0.39, 0.29) is 37.0 Å². The highest BCUT2D eigenvalue weighted by atomic mass is 35.5. The highest BCUT2D eigenvalue weighted by Crippen LogP contribution is 2.48. The molecule has 2 bridgehead atoms. The summed E-state index contributed by atoms with van der Waals surface area (Å²) in [5, 5.41) is 10.9. The van der Waals surface area contributed by atoms with Gasteiger partial charge in [-0.3, -0.25) is 4.79 Å². The zero-order valence-corrected chi connectivity index (χ0v) is 29.0. The van der Waals surface area contributed by atoms with Crippen molar-refractivity contribution in [1.29, 1.82) is 0 Å². The van der Waals surface area contributed by atoms with E-state index in [9.17, 15) is 15.4 Å². The number of allylic oxidation sites excluding steroid dienone is 1. The summed E-state index contributed by atoms with van der Waals surface area (Å²) in [6, 6.07) is 9.43. The van der Waals surface area contributed by atoms with Crippen LogP contribution in [0, 0.1) is 18.8 Å². The van der Waals surface area contributed by atoms with Crippen LogP contribution in [0.1, 0.15) is 73.1 Å². The molecule has 6 rings (SSSR count). The van der Waals surface area contributed by atoms with E-state index in [0.717, 1.165) is 64.3 Å². The SMILES string of the molecule is COc1cccc(CN(C(=O)C2=C(c3cnc(OCCOc4c(Cl)cc([C@H](C)O)cc4Cl)s3)C[C@H]3CC(=[N+]=[N-])C[C@H]2C3)C2CC2)c1C. The van der Waals surface area contributed by atoms with Gasteiger partial charge in [0.05, 0.1) is 34.6 Å². The minimum atomic E-state index is -0.699. The monoisotopic (exact) mass is 696 g/mol. The summed E-state index contributed by atoms with van der Waals surface area (Å²) in [6.07, 6.45) is 5.94. The molecule has 3 atom stereocenters. The first-order valence-corrected chi connectivity index (χ1v) is 17.5. The molecular formula is C35H38Cl2N4O5S. The van der Waals surface area contributed by atoms with Gasteiger partial charge in [0.1, 0.15) is 19.0 Å². The standard InChI is InChI=1S/C35H38Cl2N4O5S/c1-19-22(5-4-6-30(19)44-3)18-41(26-7-8-26)34(43)32-24-11-21(12-25(14-24)40-38)13-27(32)31-17-39-35(47-31)46-10-9-45-33-28(36)15-23(20(2)42)16-29(33)37/h4-6,15-17,20-21,24,26,42H,7-14,18H2,1-3H3/t20-,21+,24+/m0/s1. The number of hydrogen-bond acceptors (Lipinski definition) is 7. The summed E-state index contributed by atoms with van der Waals surface area (Å²) in [4.78, 5) is 25.7. The minimum Gasteiger partial charge on any atom is -0.496 e. The van der Waals surface area contributed by atoms with E-state index in [1.54, 1.807) is 32.4 Å². The van der Waals surface area contributed by atoms with E-state index < -0.39 is 6.10 Å². The van der Waals surface area contributed by atoms with Crippen molar-refractivity contribution >= 4 is 51.7 Å². The number of hydrogen-bond donors (Lipinski definition) is 1. The van der Waals surface area contributed by atoms with Crippen molar-refractivity contribution in [1.82, 2.24) is 9.88 Å². The molecule has 0 spiro atoms. The fraction of sp³-hybridized carbons (Fsp3) is 0.457. The third-order valence-corrected chi connectivity index (χ3v) is 10.8. The Bertz CT molecular complexity index is 1720. The highest BCUT2D eigenvalue weighted by molar-refractivity contribution is 7.14. The van der Waals surface area contributed by atoms with E-state index in [1.165, 1.54) is 11.3 Å². The van der Waals surface area contributed by atoms with Crippen LogP contribution in [0.3, 0.4) is 0 Å². The molecule has 1 N–H and O–H groups in total. The molecule has 1 heterocycles. The number of halogens is 2. The summed E-state index contributed by atoms with van der Waals surface area (Å²) in [6.45, 7) is 4.57. The molecule has 3 aromatic rings. The number of ether oxygens (including phenoxy) is 3. The smallest absolute Gasteiger partial charge is 0.273 e. The fourth-order valence-corrected chi connectivity index (χ4v) is 8.22. The predicted octanol–water partition coefficient (Wildman–Crippen LogP) is 7.71. The molecule has 2 saturated carbocycles. The summed E-state index contributed by atoms with van der Waals surface area (Å²) < 4.78 is 17.3. The Morgan fingerprint density at radius 3 is 2.60 bits per heavy atom. The van der Waals surface area contributed by atoms with E-state index in [0.29, 0.717) is 45.9 Å². The minimum absolute atomic E-state index is 0.0295. The van der Waals surface area contributed by atoms with Crippen LogP contribution in [0.2, 0.25) is 10.0 Å². The first kappa shape index (κ1) is 33.5. The molecule has 2 fully saturated rings. The molecule has 0 aliphatic heterocycles. The second kappa shape index (κ2) is 14.4. The van der Waals surface area contributed by atoms with Gasteiger partial charge in [0.25, 0.3) is 16.8 Å². The maximum Gasteiger partial charge on any atom is 0.273 e. The van der Waals surface area contributed by atoms with Crippen LogP contribution in [0.5, 0.6) is 16.7 Å². The Morgan fingerprint density at radius 1 is 1.17 bits per heavy atom. The van der Waals surface area contributed by atoms with Gasteiger partial charge < -0.3 is 29.7 Å². The molecule has 0 saturated heterocycles. The second-order valence-electron chi connectivity index (χ2n) is 12.6. The lowest BCUT2D eigenvalue weighted by atomic mass is 9.68. The number of carbonyl (C=O) groups excluding carboxylic acids is 1. The lowest BCUT2D eigenvalue weighted by Crippen LogP contribution is -2.40. The summed E-state index contributed by atoms with van der Waals surface area (Å²) >= 11 is 14.1. The average molecular weight is 698 g/mol. The van der Waals surface area contributed by atoms with E-state index in [1.807, 2.05) is 24.0 Å². The number of benzene rings is 2. The maximum absolute atomic E-state index is 14.6. The van der Waals surface area contributed by atoms with Gasteiger partial charge in [0.2, 0.25) is 0 Å². The number of methoxy groups -OCH3 is 1. The van der Waals surface area contributed by atoms with Crippen molar-refractivity contribution in [3.05, 3.63) is 79.2 Å². The number of carbonyl (C=O) groups is 1. The van der Waals surface area contributed by atoms with Crippen molar-refractivity contribution in [3.63, 3.8) is 0 Å². The molecule has 12 heteroatoms. The van der Waals surface area contributed by atoms with Gasteiger partial charge in [-0.15, -0.1) is 0 Å². The molecule has 0 radical (unpaired) electrons. The molecule has 3 aliphatic carbocycles. The van der Waals surface area contributed by atoms with Gasteiger partial charge in [-0.2, -0.15) is 4.79 Å². The zero-order valence-electron chi connectivity index (χ0n) is 26.7. The molecule has 0 unspecified atom stereocenters. The fourth-order valence-electron chi connectivity index (χ4n) is 6.75. The number of thiazole rings is 1. The van der Waals surface area contributed by atoms with Gasteiger partial charge in [0.15, 0.2) is 5.75 Å². The van der Waals surface area contributed by atoms with Gasteiger partial charge in [-0.25, -0.2) is 4.98 Å². The normalized spacial score (nSPS) is 19.7. The van der Waals surface area contributed by atoms with Crippen LogP contribution in [-0.2, 0) is 11.3 Å². The lowest BCUT2D eigenvalue weighted by Gasteiger charge is -2.37. The molecule has 1 aromatic heterocycles. The first-order valence-electron chi connectivity index (χ1n) is 15.9. The molecule has 2 aromatic carbocycles. The molecule has 1 amide bonds. The van der Waals surface area contributed by atoms with Gasteiger partial charge in [-0.05, 0) is 85.9 Å². The highest BCUT2D eigenvalue weighted by Gasteiger charge is 2.44. The van der Waals surface area contributed by atoms with Crippen LogP contribution in [0.25, 0.3) is 11.1 Å². The van der Waals surface area contributed by atoms with Crippen molar-refractivity contribution in [3.8, 4) is 16.7 Å². The van der Waals surface area contributed by atoms with Crippen LogP contribution in [-0.4, -0.2) is 57.8 Å². The number of nitrogens with zero attached hydrogens (tertiary/aromatic N) is 4. The van der Waals surface area contributed by atoms with Crippen LogP contribution >= 0.6 is 34.5 Å². The number of aliphatic hydroxyl groups is 1. The molecule has 248 valence electrons.